The lowest BCUT2D eigenvalue weighted by Crippen LogP contribution is -2.07. The summed E-state index contributed by atoms with van der Waals surface area (Å²) in [6.07, 6.45) is 1.40. The molecule has 0 spiro atoms. The fraction of sp³-hybridized carbons (Fsp3) is 0.429. The van der Waals surface area contributed by atoms with Gasteiger partial charge in [0.2, 0.25) is 0 Å². The van der Waals surface area contributed by atoms with Gasteiger partial charge in [-0.2, -0.15) is 5.26 Å². The molecular weight excluding hydrogens is 146 g/mol. The second kappa shape index (κ2) is 6.62. The van der Waals surface area contributed by atoms with Gasteiger partial charge in [0.1, 0.15) is 6.07 Å². The van der Waals surface area contributed by atoms with Crippen LogP contribution < -0.4 is 0 Å². The first-order valence-electron chi connectivity index (χ1n) is 3.08. The van der Waals surface area contributed by atoms with E-state index in [1.54, 1.807) is 12.1 Å². The topological polar surface area (TPSA) is 59.3 Å². The zero-order valence-corrected chi connectivity index (χ0v) is 6.08. The van der Waals surface area contributed by atoms with Crippen LogP contribution in [0.3, 0.4) is 0 Å². The Morgan fingerprint density at radius 2 is 2.36 bits per heavy atom. The molecule has 0 bridgehead atoms. The summed E-state index contributed by atoms with van der Waals surface area (Å²) in [4.78, 5) is 10.4. The van der Waals surface area contributed by atoms with Crippen LogP contribution in [-0.2, 0) is 9.47 Å². The molecule has 0 saturated carbocycles. The van der Waals surface area contributed by atoms with E-state index in [2.05, 4.69) is 16.1 Å². The zero-order chi connectivity index (χ0) is 8.53. The van der Waals surface area contributed by atoms with Crippen molar-refractivity contribution >= 4 is 6.16 Å². The lowest BCUT2D eigenvalue weighted by atomic mass is 10.5. The monoisotopic (exact) mass is 155 g/mol. The van der Waals surface area contributed by atoms with Gasteiger partial charge in [-0.1, -0.05) is 6.08 Å². The quantitative estimate of drug-likeness (QED) is 0.348. The fourth-order valence-corrected chi connectivity index (χ4v) is 0.358. The Balaban J connectivity index is 3.24. The van der Waals surface area contributed by atoms with Crippen molar-refractivity contribution in [3.63, 3.8) is 0 Å². The third-order valence-electron chi connectivity index (χ3n) is 0.796. The Kier molecular flexibility index (Phi) is 5.72. The largest absolute Gasteiger partial charge is 0.509 e. The summed E-state index contributed by atoms with van der Waals surface area (Å²) in [5.74, 6) is 0. The second-order valence-corrected chi connectivity index (χ2v) is 1.62. The van der Waals surface area contributed by atoms with Gasteiger partial charge in [-0.15, -0.1) is 6.58 Å². The summed E-state index contributed by atoms with van der Waals surface area (Å²) < 4.78 is 8.78. The molecule has 0 fully saturated rings. The number of nitrogens with zero attached hydrogens (tertiary/aromatic N) is 1. The first kappa shape index (κ1) is 9.50. The summed E-state index contributed by atoms with van der Waals surface area (Å²) in [7, 11) is 0. The van der Waals surface area contributed by atoms with Gasteiger partial charge in [0.15, 0.2) is 6.61 Å². The van der Waals surface area contributed by atoms with Crippen molar-refractivity contribution in [2.75, 3.05) is 13.2 Å². The molecule has 0 rings (SSSR count). The molecule has 0 radical (unpaired) electrons. The molecule has 0 aliphatic heterocycles. The van der Waals surface area contributed by atoms with E-state index >= 15 is 0 Å². The van der Waals surface area contributed by atoms with Crippen LogP contribution in [0.4, 0.5) is 4.79 Å². The minimum absolute atomic E-state index is 0.244. The van der Waals surface area contributed by atoms with E-state index in [1.807, 2.05) is 0 Å². The Hall–Kier alpha value is -1.50. The molecule has 60 valence electrons. The van der Waals surface area contributed by atoms with Gasteiger partial charge in [0.05, 0.1) is 6.61 Å². The van der Waals surface area contributed by atoms with Crippen molar-refractivity contribution in [3.8, 4) is 6.07 Å². The smallest absolute Gasteiger partial charge is 0.434 e. The van der Waals surface area contributed by atoms with Crippen LogP contribution in [0.1, 0.15) is 6.42 Å². The lowest BCUT2D eigenvalue weighted by molar-refractivity contribution is 0.0656. The van der Waals surface area contributed by atoms with E-state index in [4.69, 9.17) is 5.26 Å². The van der Waals surface area contributed by atoms with Crippen LogP contribution in [0, 0.1) is 11.3 Å². The summed E-state index contributed by atoms with van der Waals surface area (Å²) >= 11 is 0. The third-order valence-corrected chi connectivity index (χ3v) is 0.796. The minimum Gasteiger partial charge on any atom is -0.434 e. The van der Waals surface area contributed by atoms with E-state index < -0.39 is 6.16 Å². The molecule has 4 heteroatoms. The van der Waals surface area contributed by atoms with Crippen LogP contribution in [0.2, 0.25) is 0 Å². The van der Waals surface area contributed by atoms with E-state index in [1.165, 1.54) is 0 Å². The average molecular weight is 155 g/mol. The van der Waals surface area contributed by atoms with Crippen molar-refractivity contribution in [3.05, 3.63) is 12.7 Å². The Morgan fingerprint density at radius 3 is 2.91 bits per heavy atom. The maximum Gasteiger partial charge on any atom is 0.509 e. The molecule has 0 amide bonds. The fourth-order valence-electron chi connectivity index (χ4n) is 0.358. The number of nitriles is 1. The normalized spacial score (nSPS) is 7.91. The molecule has 0 unspecified atom stereocenters. The average Bonchev–Trinajstić information content (AvgIpc) is 2.01. The second-order valence-electron chi connectivity index (χ2n) is 1.62. The van der Waals surface area contributed by atoms with Gasteiger partial charge in [0, 0.05) is 0 Å². The van der Waals surface area contributed by atoms with Crippen molar-refractivity contribution in [1.82, 2.24) is 0 Å². The highest BCUT2D eigenvalue weighted by Crippen LogP contribution is 1.87. The van der Waals surface area contributed by atoms with Gasteiger partial charge in [-0.25, -0.2) is 4.79 Å². The van der Waals surface area contributed by atoms with Gasteiger partial charge < -0.3 is 9.47 Å². The summed E-state index contributed by atoms with van der Waals surface area (Å²) in [5.41, 5.74) is 0. The molecule has 4 nitrogen and oxygen atoms in total. The van der Waals surface area contributed by atoms with Crippen molar-refractivity contribution in [2.24, 2.45) is 0 Å². The number of rotatable bonds is 4. The highest BCUT2D eigenvalue weighted by molar-refractivity contribution is 5.59. The molecule has 0 aromatic carbocycles. The molecule has 0 aliphatic carbocycles. The van der Waals surface area contributed by atoms with Crippen LogP contribution in [0.5, 0.6) is 0 Å². The van der Waals surface area contributed by atoms with Gasteiger partial charge in [-0.3, -0.25) is 0 Å². The number of ether oxygens (including phenoxy) is 2. The van der Waals surface area contributed by atoms with E-state index in [0.29, 0.717) is 6.42 Å². The minimum atomic E-state index is -0.812. The van der Waals surface area contributed by atoms with Crippen LogP contribution in [0.15, 0.2) is 12.7 Å². The summed E-state index contributed by atoms with van der Waals surface area (Å²) in [6, 6.07) is 1.65. The number of hydrogen-bond acceptors (Lipinski definition) is 4. The summed E-state index contributed by atoms with van der Waals surface area (Å²) in [6.45, 7) is 3.41. The standard InChI is InChI=1S/C7H9NO3/c1-2-3-5-10-7(9)11-6-4-8/h2H,1,3,5-6H2. The van der Waals surface area contributed by atoms with Gasteiger partial charge in [0.25, 0.3) is 0 Å². The van der Waals surface area contributed by atoms with Crippen molar-refractivity contribution in [2.45, 2.75) is 6.42 Å². The molecule has 0 N–H and O–H groups in total. The molecule has 0 saturated heterocycles. The first-order valence-corrected chi connectivity index (χ1v) is 3.08. The number of hydrogen-bond donors (Lipinski definition) is 0. The molecule has 0 atom stereocenters. The van der Waals surface area contributed by atoms with E-state index in [-0.39, 0.29) is 13.2 Å². The third kappa shape index (κ3) is 6.38. The summed E-state index contributed by atoms with van der Waals surface area (Å²) in [5, 5.41) is 7.99. The predicted octanol–water partition coefficient (Wildman–Crippen LogP) is 1.24. The molecule has 0 heterocycles. The maximum atomic E-state index is 10.4. The predicted molar refractivity (Wildman–Crippen MR) is 37.7 cm³/mol. The van der Waals surface area contributed by atoms with Crippen LogP contribution in [0.25, 0.3) is 0 Å². The van der Waals surface area contributed by atoms with Gasteiger partial charge in [-0.05, 0) is 6.42 Å². The van der Waals surface area contributed by atoms with Crippen LogP contribution >= 0.6 is 0 Å². The zero-order valence-electron chi connectivity index (χ0n) is 6.08. The number of carbonyl (C=O) groups is 1. The van der Waals surface area contributed by atoms with Crippen molar-refractivity contribution < 1.29 is 14.3 Å². The van der Waals surface area contributed by atoms with E-state index in [0.717, 1.165) is 0 Å². The van der Waals surface area contributed by atoms with Gasteiger partial charge >= 0.3 is 6.16 Å². The van der Waals surface area contributed by atoms with E-state index in [9.17, 15) is 4.79 Å². The Morgan fingerprint density at radius 1 is 1.64 bits per heavy atom. The lowest BCUT2D eigenvalue weighted by Gasteiger charge is -2.00. The first-order chi connectivity index (χ1) is 5.31. The Bertz CT molecular complexity index is 171. The highest BCUT2D eigenvalue weighted by Gasteiger charge is 2.00. The molecular formula is C7H9NO3. The Labute approximate surface area is 65.0 Å². The van der Waals surface area contributed by atoms with Crippen molar-refractivity contribution in [1.29, 1.82) is 5.26 Å². The molecule has 0 aliphatic rings. The molecule has 0 aromatic heterocycles. The number of carbonyl (C=O) groups excluding carboxylic acids is 1. The molecule has 11 heavy (non-hydrogen) atoms. The highest BCUT2D eigenvalue weighted by atomic mass is 16.7. The molecule has 0 aromatic rings. The SMILES string of the molecule is C=CCCOC(=O)OCC#N. The maximum absolute atomic E-state index is 10.4. The van der Waals surface area contributed by atoms with Crippen LogP contribution in [-0.4, -0.2) is 19.4 Å².